The van der Waals surface area contributed by atoms with E-state index in [2.05, 4.69) is 45.4 Å². The van der Waals surface area contributed by atoms with Crippen LogP contribution in [0.15, 0.2) is 80.9 Å². The van der Waals surface area contributed by atoms with E-state index in [1.165, 1.54) is 16.7 Å². The highest BCUT2D eigenvalue weighted by Crippen LogP contribution is 2.06. The van der Waals surface area contributed by atoms with Gasteiger partial charge in [0.25, 0.3) is 0 Å². The lowest BCUT2D eigenvalue weighted by molar-refractivity contribution is 1.45. The van der Waals surface area contributed by atoms with E-state index in [0.29, 0.717) is 0 Å². The zero-order valence-electron chi connectivity index (χ0n) is 11.7. The largest absolute Gasteiger partial charge is 0.106 e. The zero-order chi connectivity index (χ0) is 14.5. The molecular formula is C19H22. The molecule has 0 aliphatic rings. The predicted molar refractivity (Wildman–Crippen MR) is 89.1 cm³/mol. The molecule has 0 heteroatoms. The average Bonchev–Trinajstić information content (AvgIpc) is 2.51. The van der Waals surface area contributed by atoms with E-state index in [4.69, 9.17) is 0 Å². The minimum Gasteiger partial charge on any atom is -0.106 e. The van der Waals surface area contributed by atoms with Gasteiger partial charge in [0.1, 0.15) is 0 Å². The standard InChI is InChI=1S/C9H10.C8H8.C2H4/c1-3-9-7-5-4-6-8(9)2;1-2-8-6-4-3-5-7-8;1-2/h3-7H,1H2,2H3;2-7H,1H2;1-2H2. The first kappa shape index (κ1) is 16.7. The Balaban J connectivity index is 0.000000303. The molecule has 0 heterocycles. The van der Waals surface area contributed by atoms with E-state index in [0.717, 1.165) is 0 Å². The summed E-state index contributed by atoms with van der Waals surface area (Å²) in [4.78, 5) is 0. The van der Waals surface area contributed by atoms with Crippen molar-refractivity contribution in [3.63, 3.8) is 0 Å². The second kappa shape index (κ2) is 10.8. The van der Waals surface area contributed by atoms with Crippen LogP contribution in [0.5, 0.6) is 0 Å². The van der Waals surface area contributed by atoms with Crippen LogP contribution in [0.3, 0.4) is 0 Å². The fraction of sp³-hybridized carbons (Fsp3) is 0.0526. The monoisotopic (exact) mass is 250 g/mol. The maximum atomic E-state index is 3.69. The predicted octanol–water partition coefficient (Wildman–Crippen LogP) is 5.77. The molecule has 0 amide bonds. The van der Waals surface area contributed by atoms with Gasteiger partial charge in [-0.2, -0.15) is 0 Å². The Morgan fingerprint density at radius 2 is 1.26 bits per heavy atom. The lowest BCUT2D eigenvalue weighted by atomic mass is 10.1. The van der Waals surface area contributed by atoms with E-state index in [-0.39, 0.29) is 0 Å². The summed E-state index contributed by atoms with van der Waals surface area (Å²) in [6.07, 6.45) is 3.70. The van der Waals surface area contributed by atoms with Gasteiger partial charge in [-0.15, -0.1) is 13.2 Å². The van der Waals surface area contributed by atoms with Crippen LogP contribution in [0.4, 0.5) is 0 Å². The summed E-state index contributed by atoms with van der Waals surface area (Å²) in [6.45, 7) is 15.4. The molecule has 0 unspecified atom stereocenters. The third-order valence-corrected chi connectivity index (χ3v) is 2.44. The summed E-state index contributed by atoms with van der Waals surface area (Å²) < 4.78 is 0. The first-order valence-electron chi connectivity index (χ1n) is 6.13. The normalized spacial score (nSPS) is 8.05. The Bertz CT molecular complexity index is 480. The fourth-order valence-electron chi connectivity index (χ4n) is 1.40. The number of hydrogen-bond donors (Lipinski definition) is 0. The molecule has 0 fully saturated rings. The quantitative estimate of drug-likeness (QED) is 0.593. The molecule has 0 aliphatic heterocycles. The number of benzene rings is 2. The van der Waals surface area contributed by atoms with Crippen molar-refractivity contribution < 1.29 is 0 Å². The van der Waals surface area contributed by atoms with E-state index in [1.54, 1.807) is 0 Å². The Kier molecular flexibility index (Phi) is 9.46. The van der Waals surface area contributed by atoms with Crippen LogP contribution in [0, 0.1) is 6.92 Å². The van der Waals surface area contributed by atoms with Crippen molar-refractivity contribution in [2.75, 3.05) is 0 Å². The molecule has 2 rings (SSSR count). The topological polar surface area (TPSA) is 0 Å². The molecule has 0 atom stereocenters. The maximum Gasteiger partial charge on any atom is -0.0233 e. The molecule has 98 valence electrons. The van der Waals surface area contributed by atoms with Crippen molar-refractivity contribution in [3.8, 4) is 0 Å². The molecule has 2 aromatic rings. The van der Waals surface area contributed by atoms with Gasteiger partial charge < -0.3 is 0 Å². The van der Waals surface area contributed by atoms with Crippen LogP contribution in [0.1, 0.15) is 16.7 Å². The van der Waals surface area contributed by atoms with Crippen LogP contribution in [0.2, 0.25) is 0 Å². The van der Waals surface area contributed by atoms with Gasteiger partial charge >= 0.3 is 0 Å². The average molecular weight is 250 g/mol. The summed E-state index contributed by atoms with van der Waals surface area (Å²) in [6, 6.07) is 18.2. The first-order valence-corrected chi connectivity index (χ1v) is 6.13. The molecule has 2 aromatic carbocycles. The molecular weight excluding hydrogens is 228 g/mol. The molecule has 0 N–H and O–H groups in total. The van der Waals surface area contributed by atoms with Crippen molar-refractivity contribution in [3.05, 3.63) is 97.6 Å². The Morgan fingerprint density at radius 1 is 0.737 bits per heavy atom. The van der Waals surface area contributed by atoms with Crippen LogP contribution >= 0.6 is 0 Å². The highest BCUT2D eigenvalue weighted by molar-refractivity contribution is 5.50. The summed E-state index contributed by atoms with van der Waals surface area (Å²) in [7, 11) is 0. The highest BCUT2D eigenvalue weighted by Gasteiger charge is 1.86. The molecule has 0 spiro atoms. The fourth-order valence-corrected chi connectivity index (χ4v) is 1.40. The highest BCUT2D eigenvalue weighted by atomic mass is 13.9. The van der Waals surface area contributed by atoms with Gasteiger partial charge in [0, 0.05) is 0 Å². The maximum absolute atomic E-state index is 3.69. The van der Waals surface area contributed by atoms with E-state index >= 15 is 0 Å². The van der Waals surface area contributed by atoms with Gasteiger partial charge in [-0.1, -0.05) is 79.9 Å². The molecule has 0 nitrogen and oxygen atoms in total. The number of rotatable bonds is 2. The summed E-state index contributed by atoms with van der Waals surface area (Å²) in [5.41, 5.74) is 3.68. The van der Waals surface area contributed by atoms with Crippen molar-refractivity contribution in [2.24, 2.45) is 0 Å². The van der Waals surface area contributed by atoms with Crippen LogP contribution < -0.4 is 0 Å². The van der Waals surface area contributed by atoms with Crippen molar-refractivity contribution in [1.29, 1.82) is 0 Å². The van der Waals surface area contributed by atoms with E-state index in [9.17, 15) is 0 Å². The lowest BCUT2D eigenvalue weighted by Gasteiger charge is -1.95. The molecule has 0 saturated carbocycles. The third kappa shape index (κ3) is 6.85. The van der Waals surface area contributed by atoms with Crippen molar-refractivity contribution >= 4 is 12.2 Å². The molecule has 0 bridgehead atoms. The minimum absolute atomic E-state index is 1.17. The van der Waals surface area contributed by atoms with E-state index in [1.807, 2.05) is 54.6 Å². The second-order valence-electron chi connectivity index (χ2n) is 3.68. The van der Waals surface area contributed by atoms with Crippen LogP contribution in [-0.4, -0.2) is 0 Å². The molecule has 0 saturated heterocycles. The Morgan fingerprint density at radius 3 is 1.63 bits per heavy atom. The summed E-state index contributed by atoms with van der Waals surface area (Å²) >= 11 is 0. The van der Waals surface area contributed by atoms with Gasteiger partial charge in [-0.05, 0) is 23.6 Å². The van der Waals surface area contributed by atoms with Crippen LogP contribution in [0.25, 0.3) is 12.2 Å². The molecule has 0 aromatic heterocycles. The number of aryl methyl sites for hydroxylation is 1. The van der Waals surface area contributed by atoms with Gasteiger partial charge in [0.15, 0.2) is 0 Å². The van der Waals surface area contributed by atoms with Crippen molar-refractivity contribution in [2.45, 2.75) is 6.92 Å². The molecule has 0 aliphatic carbocycles. The first-order chi connectivity index (χ1) is 9.27. The third-order valence-electron chi connectivity index (χ3n) is 2.44. The molecule has 19 heavy (non-hydrogen) atoms. The minimum atomic E-state index is 1.17. The van der Waals surface area contributed by atoms with E-state index < -0.39 is 0 Å². The zero-order valence-corrected chi connectivity index (χ0v) is 11.7. The van der Waals surface area contributed by atoms with Gasteiger partial charge in [0.2, 0.25) is 0 Å². The van der Waals surface area contributed by atoms with Gasteiger partial charge in [-0.25, -0.2) is 0 Å². The van der Waals surface area contributed by atoms with Gasteiger partial charge in [0.05, 0.1) is 0 Å². The van der Waals surface area contributed by atoms with Gasteiger partial charge in [-0.3, -0.25) is 0 Å². The number of hydrogen-bond acceptors (Lipinski definition) is 0. The van der Waals surface area contributed by atoms with Crippen LogP contribution in [-0.2, 0) is 0 Å². The summed E-state index contributed by atoms with van der Waals surface area (Å²) in [5.74, 6) is 0. The lowest BCUT2D eigenvalue weighted by Crippen LogP contribution is -1.75. The Hall–Kier alpha value is -2.34. The molecule has 0 radical (unpaired) electrons. The smallest absolute Gasteiger partial charge is 0.0233 e. The van der Waals surface area contributed by atoms with Crippen molar-refractivity contribution in [1.82, 2.24) is 0 Å². The SMILES string of the molecule is C=C.C=Cc1ccccc1.C=Cc1ccccc1C. The Labute approximate surface area is 117 Å². The summed E-state index contributed by atoms with van der Waals surface area (Å²) in [5, 5.41) is 0. The second-order valence-corrected chi connectivity index (χ2v) is 3.68.